The van der Waals surface area contributed by atoms with E-state index < -0.39 is 17.7 Å². The number of ether oxygens (including phenoxy) is 1. The van der Waals surface area contributed by atoms with Crippen LogP contribution in [0.3, 0.4) is 0 Å². The van der Waals surface area contributed by atoms with E-state index in [1.54, 1.807) is 12.1 Å². The number of hydrogen-bond acceptors (Lipinski definition) is 4. The molecule has 0 atom stereocenters. The minimum absolute atomic E-state index is 0.307. The molecule has 2 aromatic carbocycles. The van der Waals surface area contributed by atoms with Crippen molar-refractivity contribution in [3.8, 4) is 5.75 Å². The Morgan fingerprint density at radius 3 is 2.17 bits per heavy atom. The third kappa shape index (κ3) is 4.10. The zero-order valence-electron chi connectivity index (χ0n) is 13.3. The molecule has 2 rings (SSSR count). The van der Waals surface area contributed by atoms with Gasteiger partial charge in [-0.2, -0.15) is 0 Å². The van der Waals surface area contributed by atoms with Gasteiger partial charge in [0.15, 0.2) is 0 Å². The first-order valence-corrected chi connectivity index (χ1v) is 7.07. The van der Waals surface area contributed by atoms with Crippen LogP contribution >= 0.6 is 0 Å². The van der Waals surface area contributed by atoms with E-state index >= 15 is 0 Å². The lowest BCUT2D eigenvalue weighted by Gasteiger charge is -2.11. The number of rotatable bonds is 4. The van der Waals surface area contributed by atoms with E-state index in [-0.39, 0.29) is 0 Å². The molecule has 0 heterocycles. The monoisotopic (exact) mass is 327 g/mol. The Morgan fingerprint density at radius 1 is 0.958 bits per heavy atom. The zero-order valence-corrected chi connectivity index (χ0v) is 13.3. The fraction of sp³-hybridized carbons (Fsp3) is 0.118. The molecule has 4 N–H and O–H groups in total. The van der Waals surface area contributed by atoms with Gasteiger partial charge in [-0.25, -0.2) is 0 Å². The van der Waals surface area contributed by atoms with Gasteiger partial charge < -0.3 is 21.1 Å². The Labute approximate surface area is 138 Å². The summed E-state index contributed by atoms with van der Waals surface area (Å²) in [5, 5.41) is 4.94. The van der Waals surface area contributed by atoms with Crippen LogP contribution in [0.5, 0.6) is 5.75 Å². The normalized spacial score (nSPS) is 9.92. The van der Waals surface area contributed by atoms with Crippen LogP contribution < -0.4 is 21.1 Å². The molecule has 0 spiro atoms. The number of primary amides is 1. The summed E-state index contributed by atoms with van der Waals surface area (Å²) in [7, 11) is 1.47. The lowest BCUT2D eigenvalue weighted by molar-refractivity contribution is -0.133. The largest absolute Gasteiger partial charge is 0.495 e. The molecule has 0 aromatic heterocycles. The molecule has 124 valence electrons. The molecule has 7 nitrogen and oxygen atoms in total. The topological polar surface area (TPSA) is 111 Å². The van der Waals surface area contributed by atoms with E-state index in [1.807, 2.05) is 13.0 Å². The quantitative estimate of drug-likeness (QED) is 0.742. The van der Waals surface area contributed by atoms with Gasteiger partial charge in [0.25, 0.3) is 0 Å². The maximum Gasteiger partial charge on any atom is 0.314 e. The molecule has 0 radical (unpaired) electrons. The average molecular weight is 327 g/mol. The second kappa shape index (κ2) is 7.28. The predicted octanol–water partition coefficient (Wildman–Crippen LogP) is 1.68. The summed E-state index contributed by atoms with van der Waals surface area (Å²) in [5.74, 6) is -1.80. The highest BCUT2D eigenvalue weighted by atomic mass is 16.5. The lowest BCUT2D eigenvalue weighted by Crippen LogP contribution is -2.29. The summed E-state index contributed by atoms with van der Waals surface area (Å²) in [4.78, 5) is 35.0. The van der Waals surface area contributed by atoms with Crippen LogP contribution in [0.4, 0.5) is 11.4 Å². The lowest BCUT2D eigenvalue weighted by atomic mass is 10.2. The van der Waals surface area contributed by atoms with Crippen LogP contribution in [0.15, 0.2) is 42.5 Å². The molecule has 0 unspecified atom stereocenters. The molecule has 3 amide bonds. The van der Waals surface area contributed by atoms with Gasteiger partial charge in [-0.15, -0.1) is 0 Å². The van der Waals surface area contributed by atoms with Gasteiger partial charge in [0.2, 0.25) is 5.91 Å². The van der Waals surface area contributed by atoms with Crippen molar-refractivity contribution in [2.24, 2.45) is 5.73 Å². The van der Waals surface area contributed by atoms with Crippen molar-refractivity contribution >= 4 is 29.1 Å². The van der Waals surface area contributed by atoms with Gasteiger partial charge in [0.05, 0.1) is 12.8 Å². The van der Waals surface area contributed by atoms with Crippen molar-refractivity contribution in [1.82, 2.24) is 0 Å². The third-order valence-electron chi connectivity index (χ3n) is 3.24. The summed E-state index contributed by atoms with van der Waals surface area (Å²) in [6, 6.07) is 11.1. The number of hydrogen-bond donors (Lipinski definition) is 3. The highest BCUT2D eigenvalue weighted by molar-refractivity contribution is 6.43. The first kappa shape index (κ1) is 17.0. The average Bonchev–Trinajstić information content (AvgIpc) is 2.55. The Hall–Kier alpha value is -3.35. The third-order valence-corrected chi connectivity index (χ3v) is 3.24. The molecule has 0 aliphatic carbocycles. The van der Waals surface area contributed by atoms with Gasteiger partial charge in [-0.05, 0) is 48.9 Å². The summed E-state index contributed by atoms with van der Waals surface area (Å²) in [6.07, 6.45) is 0. The van der Waals surface area contributed by atoms with Crippen molar-refractivity contribution in [1.29, 1.82) is 0 Å². The van der Waals surface area contributed by atoms with Gasteiger partial charge in [-0.1, -0.05) is 6.07 Å². The number of nitrogens with one attached hydrogen (secondary N) is 2. The SMILES string of the molecule is COc1ccc(C)cc1NC(=O)C(=O)Nc1ccc(C(N)=O)cc1. The molecule has 7 heteroatoms. The van der Waals surface area contributed by atoms with Crippen LogP contribution in [0.1, 0.15) is 15.9 Å². The van der Waals surface area contributed by atoms with E-state index in [9.17, 15) is 14.4 Å². The molecule has 0 bridgehead atoms. The summed E-state index contributed by atoms with van der Waals surface area (Å²) >= 11 is 0. The smallest absolute Gasteiger partial charge is 0.314 e. The van der Waals surface area contributed by atoms with Crippen LogP contribution in [0, 0.1) is 6.92 Å². The molecule has 24 heavy (non-hydrogen) atoms. The Balaban J connectivity index is 2.06. The first-order valence-electron chi connectivity index (χ1n) is 7.07. The van der Waals surface area contributed by atoms with Gasteiger partial charge in [0.1, 0.15) is 5.75 Å². The number of carbonyl (C=O) groups excluding carboxylic acids is 3. The number of methoxy groups -OCH3 is 1. The van der Waals surface area contributed by atoms with Crippen molar-refractivity contribution in [3.63, 3.8) is 0 Å². The number of aryl methyl sites for hydroxylation is 1. The van der Waals surface area contributed by atoms with Gasteiger partial charge in [-0.3, -0.25) is 14.4 Å². The van der Waals surface area contributed by atoms with Gasteiger partial charge >= 0.3 is 11.8 Å². The summed E-state index contributed by atoms with van der Waals surface area (Å²) in [6.45, 7) is 1.86. The molecule has 0 saturated carbocycles. The Kier molecular flexibility index (Phi) is 5.16. The zero-order chi connectivity index (χ0) is 17.7. The van der Waals surface area contributed by atoms with E-state index in [0.717, 1.165) is 5.56 Å². The molecular formula is C17H17N3O4. The number of carbonyl (C=O) groups is 3. The number of nitrogens with two attached hydrogens (primary N) is 1. The molecule has 0 aliphatic rings. The molecule has 0 aliphatic heterocycles. The van der Waals surface area contributed by atoms with Crippen LogP contribution in [-0.2, 0) is 9.59 Å². The fourth-order valence-electron chi connectivity index (χ4n) is 2.00. The number of benzene rings is 2. The minimum Gasteiger partial charge on any atom is -0.495 e. The van der Waals surface area contributed by atoms with Crippen molar-refractivity contribution in [3.05, 3.63) is 53.6 Å². The fourth-order valence-corrected chi connectivity index (χ4v) is 2.00. The summed E-state index contributed by atoms with van der Waals surface area (Å²) < 4.78 is 5.14. The van der Waals surface area contributed by atoms with Crippen LogP contribution in [-0.4, -0.2) is 24.8 Å². The van der Waals surface area contributed by atoms with Crippen LogP contribution in [0.2, 0.25) is 0 Å². The molecular weight excluding hydrogens is 310 g/mol. The highest BCUT2D eigenvalue weighted by Crippen LogP contribution is 2.25. The van der Waals surface area contributed by atoms with Gasteiger partial charge in [0, 0.05) is 11.3 Å². The standard InChI is InChI=1S/C17H17N3O4/c1-10-3-8-14(24-2)13(9-10)20-17(23)16(22)19-12-6-4-11(5-7-12)15(18)21/h3-9H,1-2H3,(H2,18,21)(H,19,22)(H,20,23). The van der Waals surface area contributed by atoms with Crippen molar-refractivity contribution < 1.29 is 19.1 Å². The Morgan fingerprint density at radius 2 is 1.58 bits per heavy atom. The van der Waals surface area contributed by atoms with Crippen molar-refractivity contribution in [2.75, 3.05) is 17.7 Å². The first-order chi connectivity index (χ1) is 11.4. The van der Waals surface area contributed by atoms with E-state index in [0.29, 0.717) is 22.7 Å². The number of anilines is 2. The van der Waals surface area contributed by atoms with E-state index in [1.165, 1.54) is 31.4 Å². The van der Waals surface area contributed by atoms with Crippen molar-refractivity contribution in [2.45, 2.75) is 6.92 Å². The Bertz CT molecular complexity index is 785. The number of amides is 3. The van der Waals surface area contributed by atoms with Crippen LogP contribution in [0.25, 0.3) is 0 Å². The maximum absolute atomic E-state index is 12.0. The minimum atomic E-state index is -0.842. The highest BCUT2D eigenvalue weighted by Gasteiger charge is 2.16. The molecule has 0 saturated heterocycles. The second-order valence-corrected chi connectivity index (χ2v) is 5.05. The predicted molar refractivity (Wildman–Crippen MR) is 90.0 cm³/mol. The molecule has 0 fully saturated rings. The summed E-state index contributed by atoms with van der Waals surface area (Å²) in [5.41, 5.74) is 7.13. The molecule has 2 aromatic rings. The van der Waals surface area contributed by atoms with E-state index in [2.05, 4.69) is 10.6 Å². The second-order valence-electron chi connectivity index (χ2n) is 5.05. The van der Waals surface area contributed by atoms with E-state index in [4.69, 9.17) is 10.5 Å². The maximum atomic E-state index is 12.0.